The van der Waals surface area contributed by atoms with Crippen molar-refractivity contribution in [3.63, 3.8) is 0 Å². The van der Waals surface area contributed by atoms with Gasteiger partial charge in [0.25, 0.3) is 0 Å². The SMILES string of the molecule is CCOCC(CNCC(C)C)Cc1ccc(C)cc1. The standard InChI is InChI=1S/C17H29NO/c1-5-19-13-17(12-18-11-14(2)3)10-16-8-6-15(4)7-9-16/h6-9,14,17-18H,5,10-13H2,1-4H3. The van der Waals surface area contributed by atoms with E-state index in [2.05, 4.69) is 57.3 Å². The molecule has 0 spiro atoms. The molecule has 0 aliphatic carbocycles. The summed E-state index contributed by atoms with van der Waals surface area (Å²) in [6, 6.07) is 8.84. The van der Waals surface area contributed by atoms with Crippen LogP contribution >= 0.6 is 0 Å². The van der Waals surface area contributed by atoms with Crippen molar-refractivity contribution in [1.82, 2.24) is 5.32 Å². The molecule has 108 valence electrons. The van der Waals surface area contributed by atoms with Crippen LogP contribution in [-0.2, 0) is 11.2 Å². The summed E-state index contributed by atoms with van der Waals surface area (Å²) in [5.74, 6) is 1.26. The maximum atomic E-state index is 5.61. The highest BCUT2D eigenvalue weighted by Crippen LogP contribution is 2.10. The van der Waals surface area contributed by atoms with E-state index in [1.807, 2.05) is 0 Å². The molecule has 1 rings (SSSR count). The molecular formula is C17H29NO. The van der Waals surface area contributed by atoms with E-state index in [0.29, 0.717) is 11.8 Å². The minimum Gasteiger partial charge on any atom is -0.381 e. The van der Waals surface area contributed by atoms with Crippen LogP contribution in [0, 0.1) is 18.8 Å². The van der Waals surface area contributed by atoms with Crippen molar-refractivity contribution in [3.8, 4) is 0 Å². The second kappa shape index (κ2) is 9.11. The Labute approximate surface area is 118 Å². The predicted molar refractivity (Wildman–Crippen MR) is 82.6 cm³/mol. The van der Waals surface area contributed by atoms with Gasteiger partial charge in [0.15, 0.2) is 0 Å². The lowest BCUT2D eigenvalue weighted by Gasteiger charge is -2.18. The van der Waals surface area contributed by atoms with Gasteiger partial charge >= 0.3 is 0 Å². The lowest BCUT2D eigenvalue weighted by molar-refractivity contribution is 0.109. The molecule has 0 aliphatic heterocycles. The van der Waals surface area contributed by atoms with Gasteiger partial charge < -0.3 is 10.1 Å². The first-order chi connectivity index (χ1) is 9.11. The van der Waals surface area contributed by atoms with Gasteiger partial charge in [0, 0.05) is 13.2 Å². The smallest absolute Gasteiger partial charge is 0.0509 e. The monoisotopic (exact) mass is 263 g/mol. The Hall–Kier alpha value is -0.860. The Bertz CT molecular complexity index is 332. The molecule has 1 aromatic rings. The minimum atomic E-state index is 0.557. The van der Waals surface area contributed by atoms with Crippen molar-refractivity contribution in [2.75, 3.05) is 26.3 Å². The number of benzene rings is 1. The van der Waals surface area contributed by atoms with Gasteiger partial charge in [0.2, 0.25) is 0 Å². The fraction of sp³-hybridized carbons (Fsp3) is 0.647. The molecule has 0 fully saturated rings. The minimum absolute atomic E-state index is 0.557. The van der Waals surface area contributed by atoms with Gasteiger partial charge in [0.1, 0.15) is 0 Å². The third-order valence-corrected chi connectivity index (χ3v) is 3.19. The van der Waals surface area contributed by atoms with E-state index < -0.39 is 0 Å². The van der Waals surface area contributed by atoms with E-state index in [1.54, 1.807) is 0 Å². The fourth-order valence-electron chi connectivity index (χ4n) is 2.11. The van der Waals surface area contributed by atoms with E-state index in [4.69, 9.17) is 4.74 Å². The summed E-state index contributed by atoms with van der Waals surface area (Å²) in [5.41, 5.74) is 2.73. The summed E-state index contributed by atoms with van der Waals surface area (Å²) < 4.78 is 5.61. The molecule has 0 heterocycles. The van der Waals surface area contributed by atoms with E-state index >= 15 is 0 Å². The predicted octanol–water partition coefficient (Wildman–Crippen LogP) is 3.44. The fourth-order valence-corrected chi connectivity index (χ4v) is 2.11. The summed E-state index contributed by atoms with van der Waals surface area (Å²) in [6.45, 7) is 12.4. The molecule has 1 unspecified atom stereocenters. The third-order valence-electron chi connectivity index (χ3n) is 3.19. The second-order valence-corrected chi connectivity index (χ2v) is 5.77. The Kier molecular flexibility index (Phi) is 7.76. The largest absolute Gasteiger partial charge is 0.381 e. The molecule has 0 saturated carbocycles. The van der Waals surface area contributed by atoms with Crippen molar-refractivity contribution in [2.24, 2.45) is 11.8 Å². The number of rotatable bonds is 9. The Balaban J connectivity index is 2.45. The van der Waals surface area contributed by atoms with Crippen LogP contribution in [0.25, 0.3) is 0 Å². The highest BCUT2D eigenvalue weighted by Gasteiger charge is 2.10. The van der Waals surface area contributed by atoms with Crippen LogP contribution in [0.4, 0.5) is 0 Å². The maximum Gasteiger partial charge on any atom is 0.0509 e. The number of aryl methyl sites for hydroxylation is 1. The van der Waals surface area contributed by atoms with Crippen LogP contribution in [0.2, 0.25) is 0 Å². The number of ether oxygens (including phenoxy) is 1. The van der Waals surface area contributed by atoms with Gasteiger partial charge in [-0.3, -0.25) is 0 Å². The molecule has 2 nitrogen and oxygen atoms in total. The normalized spacial score (nSPS) is 12.9. The molecule has 0 radical (unpaired) electrons. The molecule has 0 aromatic heterocycles. The van der Waals surface area contributed by atoms with Crippen molar-refractivity contribution in [3.05, 3.63) is 35.4 Å². The molecular weight excluding hydrogens is 234 g/mol. The highest BCUT2D eigenvalue weighted by molar-refractivity contribution is 5.21. The molecule has 1 atom stereocenters. The first-order valence-electron chi connectivity index (χ1n) is 7.45. The van der Waals surface area contributed by atoms with Crippen molar-refractivity contribution >= 4 is 0 Å². The van der Waals surface area contributed by atoms with Gasteiger partial charge in [0.05, 0.1) is 6.61 Å². The van der Waals surface area contributed by atoms with Crippen LogP contribution in [0.3, 0.4) is 0 Å². The lowest BCUT2D eigenvalue weighted by Crippen LogP contribution is -2.30. The number of hydrogen-bond acceptors (Lipinski definition) is 2. The third kappa shape index (κ3) is 7.34. The molecule has 19 heavy (non-hydrogen) atoms. The quantitative estimate of drug-likeness (QED) is 0.737. The van der Waals surface area contributed by atoms with Gasteiger partial charge in [-0.1, -0.05) is 43.7 Å². The molecule has 1 N–H and O–H groups in total. The van der Waals surface area contributed by atoms with E-state index in [0.717, 1.165) is 32.7 Å². The zero-order chi connectivity index (χ0) is 14.1. The van der Waals surface area contributed by atoms with Crippen molar-refractivity contribution in [1.29, 1.82) is 0 Å². The van der Waals surface area contributed by atoms with Gasteiger partial charge in [-0.05, 0) is 44.2 Å². The zero-order valence-electron chi connectivity index (χ0n) is 12.9. The zero-order valence-corrected chi connectivity index (χ0v) is 12.9. The van der Waals surface area contributed by atoms with Crippen LogP contribution in [0.15, 0.2) is 24.3 Å². The van der Waals surface area contributed by atoms with Crippen molar-refractivity contribution < 1.29 is 4.74 Å². The summed E-state index contributed by atoms with van der Waals surface area (Å²) in [4.78, 5) is 0. The Morgan fingerprint density at radius 1 is 1.11 bits per heavy atom. The topological polar surface area (TPSA) is 21.3 Å². The average Bonchev–Trinajstić information content (AvgIpc) is 2.38. The van der Waals surface area contributed by atoms with Crippen LogP contribution < -0.4 is 5.32 Å². The first-order valence-corrected chi connectivity index (χ1v) is 7.45. The van der Waals surface area contributed by atoms with Crippen molar-refractivity contribution in [2.45, 2.75) is 34.1 Å². The Morgan fingerprint density at radius 3 is 2.37 bits per heavy atom. The molecule has 0 saturated heterocycles. The summed E-state index contributed by atoms with van der Waals surface area (Å²) in [7, 11) is 0. The van der Waals surface area contributed by atoms with E-state index in [9.17, 15) is 0 Å². The van der Waals surface area contributed by atoms with Gasteiger partial charge in [-0.2, -0.15) is 0 Å². The molecule has 0 bridgehead atoms. The first kappa shape index (κ1) is 16.2. The molecule has 0 amide bonds. The maximum absolute atomic E-state index is 5.61. The molecule has 1 aromatic carbocycles. The molecule has 2 heteroatoms. The van der Waals surface area contributed by atoms with E-state index in [-0.39, 0.29) is 0 Å². The summed E-state index contributed by atoms with van der Waals surface area (Å²) >= 11 is 0. The average molecular weight is 263 g/mol. The number of hydrogen-bond donors (Lipinski definition) is 1. The van der Waals surface area contributed by atoms with Crippen LogP contribution in [0.1, 0.15) is 31.9 Å². The summed E-state index contributed by atoms with van der Waals surface area (Å²) in [6.07, 6.45) is 1.09. The number of nitrogens with one attached hydrogen (secondary N) is 1. The summed E-state index contributed by atoms with van der Waals surface area (Å²) in [5, 5.41) is 3.55. The van der Waals surface area contributed by atoms with Crippen LogP contribution in [-0.4, -0.2) is 26.3 Å². The van der Waals surface area contributed by atoms with Gasteiger partial charge in [-0.25, -0.2) is 0 Å². The van der Waals surface area contributed by atoms with E-state index in [1.165, 1.54) is 11.1 Å². The van der Waals surface area contributed by atoms with Crippen LogP contribution in [0.5, 0.6) is 0 Å². The lowest BCUT2D eigenvalue weighted by atomic mass is 9.99. The highest BCUT2D eigenvalue weighted by atomic mass is 16.5. The molecule has 0 aliphatic rings. The Morgan fingerprint density at radius 2 is 1.79 bits per heavy atom. The van der Waals surface area contributed by atoms with Gasteiger partial charge in [-0.15, -0.1) is 0 Å². The second-order valence-electron chi connectivity index (χ2n) is 5.77.